The first kappa shape index (κ1) is 20.3. The zero-order chi connectivity index (χ0) is 20.2. The molecule has 27 heavy (non-hydrogen) atoms. The summed E-state index contributed by atoms with van der Waals surface area (Å²) in [6.45, 7) is 4.63. The molecule has 2 rings (SSSR count). The van der Waals surface area contributed by atoms with Gasteiger partial charge < -0.3 is 10.1 Å². The first-order valence-corrected chi connectivity index (χ1v) is 7.95. The van der Waals surface area contributed by atoms with E-state index >= 15 is 0 Å². The lowest BCUT2D eigenvalue weighted by Gasteiger charge is -2.19. The molecule has 0 saturated heterocycles. The van der Waals surface area contributed by atoms with Gasteiger partial charge in [-0.3, -0.25) is 4.79 Å². The fourth-order valence-electron chi connectivity index (χ4n) is 2.01. The van der Waals surface area contributed by atoms with Crippen LogP contribution in [-0.2, 0) is 17.5 Å². The van der Waals surface area contributed by atoms with Crippen molar-refractivity contribution in [3.05, 3.63) is 53.3 Å². The molecule has 7 nitrogen and oxygen atoms in total. The number of alkyl carbamates (subject to hydrolysis) is 1. The van der Waals surface area contributed by atoms with Crippen LogP contribution >= 0.6 is 0 Å². The SMILES string of the molecule is CC(C)(C)OC(=O)NCc1cc(C(F)(F)F)nn1NC(=O)c1ccccc1. The molecule has 10 heteroatoms. The van der Waals surface area contributed by atoms with E-state index in [1.807, 2.05) is 0 Å². The Bertz CT molecular complexity index is 811. The fraction of sp³-hybridized carbons (Fsp3) is 0.353. The van der Waals surface area contributed by atoms with Gasteiger partial charge in [-0.2, -0.15) is 18.0 Å². The van der Waals surface area contributed by atoms with Gasteiger partial charge in [0.25, 0.3) is 5.91 Å². The Labute approximate surface area is 153 Å². The smallest absolute Gasteiger partial charge is 0.435 e. The standard InChI is InChI=1S/C17H19F3N4O3/c1-16(2,3)27-15(26)21-10-12-9-13(17(18,19)20)22-24(12)23-14(25)11-7-5-4-6-8-11/h4-9H,10H2,1-3H3,(H,21,26)(H,23,25). The number of halogens is 3. The predicted molar refractivity (Wildman–Crippen MR) is 90.4 cm³/mol. The first-order chi connectivity index (χ1) is 12.5. The Balaban J connectivity index is 2.18. The Hall–Kier alpha value is -3.04. The summed E-state index contributed by atoms with van der Waals surface area (Å²) < 4.78 is 43.9. The van der Waals surface area contributed by atoms with Gasteiger partial charge >= 0.3 is 12.3 Å². The summed E-state index contributed by atoms with van der Waals surface area (Å²) in [6.07, 6.45) is -5.51. The molecule has 0 radical (unpaired) electrons. The summed E-state index contributed by atoms with van der Waals surface area (Å²) in [5, 5.41) is 5.70. The highest BCUT2D eigenvalue weighted by molar-refractivity contribution is 5.99. The number of aromatic nitrogens is 2. The maximum Gasteiger partial charge on any atom is 0.435 e. The Morgan fingerprint density at radius 1 is 1.15 bits per heavy atom. The summed E-state index contributed by atoms with van der Waals surface area (Å²) in [4.78, 5) is 24.6. The molecule has 0 fully saturated rings. The van der Waals surface area contributed by atoms with Crippen LogP contribution in [0.25, 0.3) is 0 Å². The van der Waals surface area contributed by atoms with E-state index in [4.69, 9.17) is 4.74 Å². The van der Waals surface area contributed by atoms with Gasteiger partial charge in [-0.05, 0) is 39.0 Å². The maximum absolute atomic E-state index is 13.0. The lowest BCUT2D eigenvalue weighted by Crippen LogP contribution is -2.34. The van der Waals surface area contributed by atoms with E-state index in [9.17, 15) is 22.8 Å². The molecule has 0 aliphatic rings. The largest absolute Gasteiger partial charge is 0.444 e. The zero-order valence-electron chi connectivity index (χ0n) is 14.9. The predicted octanol–water partition coefficient (Wildman–Crippen LogP) is 3.31. The molecule has 0 spiro atoms. The van der Waals surface area contributed by atoms with Gasteiger partial charge in [-0.15, -0.1) is 5.10 Å². The fourth-order valence-corrected chi connectivity index (χ4v) is 2.01. The van der Waals surface area contributed by atoms with Crippen LogP contribution < -0.4 is 10.7 Å². The highest BCUT2D eigenvalue weighted by atomic mass is 19.4. The summed E-state index contributed by atoms with van der Waals surface area (Å²) in [5.41, 5.74) is 0.479. The molecule has 1 aromatic heterocycles. The number of carbonyl (C=O) groups excluding carboxylic acids is 2. The Morgan fingerprint density at radius 3 is 2.33 bits per heavy atom. The lowest BCUT2D eigenvalue weighted by molar-refractivity contribution is -0.141. The van der Waals surface area contributed by atoms with E-state index in [0.29, 0.717) is 4.79 Å². The van der Waals surface area contributed by atoms with Crippen LogP contribution in [0.5, 0.6) is 0 Å². The Morgan fingerprint density at radius 2 is 1.78 bits per heavy atom. The van der Waals surface area contributed by atoms with Crippen LogP contribution in [-0.4, -0.2) is 27.5 Å². The number of hydrogen-bond acceptors (Lipinski definition) is 4. The van der Waals surface area contributed by atoms with Crippen molar-refractivity contribution in [1.29, 1.82) is 0 Å². The zero-order valence-corrected chi connectivity index (χ0v) is 14.9. The molecule has 2 amide bonds. The number of amides is 2. The van der Waals surface area contributed by atoms with Gasteiger partial charge in [-0.1, -0.05) is 18.2 Å². The number of nitrogens with one attached hydrogen (secondary N) is 2. The number of nitrogens with zero attached hydrogens (tertiary/aromatic N) is 2. The molecule has 2 aromatic rings. The third kappa shape index (κ3) is 6.01. The average Bonchev–Trinajstić information content (AvgIpc) is 2.95. The van der Waals surface area contributed by atoms with E-state index in [1.54, 1.807) is 39.0 Å². The van der Waals surface area contributed by atoms with Crippen LogP contribution in [0, 0.1) is 0 Å². The number of alkyl halides is 3. The molecule has 146 valence electrons. The molecule has 0 aliphatic heterocycles. The molecule has 1 heterocycles. The normalized spacial score (nSPS) is 11.8. The van der Waals surface area contributed by atoms with Gasteiger partial charge in [0.15, 0.2) is 5.69 Å². The van der Waals surface area contributed by atoms with Crippen LogP contribution in [0.4, 0.5) is 18.0 Å². The number of ether oxygens (including phenoxy) is 1. The van der Waals surface area contributed by atoms with Crippen LogP contribution in [0.1, 0.15) is 42.5 Å². The van der Waals surface area contributed by atoms with Crippen LogP contribution in [0.3, 0.4) is 0 Å². The van der Waals surface area contributed by atoms with Crippen molar-refractivity contribution in [2.45, 2.75) is 39.1 Å². The second-order valence-corrected chi connectivity index (χ2v) is 6.59. The third-order valence-corrected chi connectivity index (χ3v) is 3.13. The topological polar surface area (TPSA) is 85.2 Å². The van der Waals surface area contributed by atoms with Gasteiger partial charge in [-0.25, -0.2) is 10.2 Å². The third-order valence-electron chi connectivity index (χ3n) is 3.13. The van der Waals surface area contributed by atoms with Crippen molar-refractivity contribution in [3.8, 4) is 0 Å². The molecule has 2 N–H and O–H groups in total. The molecule has 0 unspecified atom stereocenters. The number of carbonyl (C=O) groups is 2. The second-order valence-electron chi connectivity index (χ2n) is 6.59. The molecular weight excluding hydrogens is 365 g/mol. The lowest BCUT2D eigenvalue weighted by atomic mass is 10.2. The van der Waals surface area contributed by atoms with Gasteiger partial charge in [0.2, 0.25) is 0 Å². The van der Waals surface area contributed by atoms with Crippen LogP contribution in [0.2, 0.25) is 0 Å². The van der Waals surface area contributed by atoms with Crippen LogP contribution in [0.15, 0.2) is 36.4 Å². The van der Waals surface area contributed by atoms with E-state index in [1.165, 1.54) is 12.1 Å². The van der Waals surface area contributed by atoms with Crippen molar-refractivity contribution >= 4 is 12.0 Å². The molecule has 1 aromatic carbocycles. The van der Waals surface area contributed by atoms with Gasteiger partial charge in [0.05, 0.1) is 12.2 Å². The number of benzene rings is 1. The monoisotopic (exact) mass is 384 g/mol. The second kappa shape index (κ2) is 7.68. The highest BCUT2D eigenvalue weighted by Gasteiger charge is 2.35. The molecule has 0 aliphatic carbocycles. The van der Waals surface area contributed by atoms with Crippen molar-refractivity contribution < 1.29 is 27.5 Å². The van der Waals surface area contributed by atoms with Crippen molar-refractivity contribution in [2.24, 2.45) is 0 Å². The Kier molecular flexibility index (Phi) is 5.77. The van der Waals surface area contributed by atoms with E-state index in [0.717, 1.165) is 6.07 Å². The van der Waals surface area contributed by atoms with Crippen molar-refractivity contribution in [1.82, 2.24) is 15.2 Å². The maximum atomic E-state index is 13.0. The summed E-state index contributed by atoms with van der Waals surface area (Å²) in [6, 6.07) is 8.67. The number of hydrogen-bond donors (Lipinski definition) is 2. The van der Waals surface area contributed by atoms with Gasteiger partial charge in [0, 0.05) is 5.56 Å². The summed E-state index contributed by atoms with van der Waals surface area (Å²) >= 11 is 0. The molecular formula is C17H19F3N4O3. The highest BCUT2D eigenvalue weighted by Crippen LogP contribution is 2.28. The molecule has 0 saturated carbocycles. The quantitative estimate of drug-likeness (QED) is 0.847. The van der Waals surface area contributed by atoms with Crippen molar-refractivity contribution in [2.75, 3.05) is 5.43 Å². The summed E-state index contributed by atoms with van der Waals surface area (Å²) in [5.74, 6) is -0.647. The minimum Gasteiger partial charge on any atom is -0.444 e. The summed E-state index contributed by atoms with van der Waals surface area (Å²) in [7, 11) is 0. The molecule has 0 bridgehead atoms. The van der Waals surface area contributed by atoms with Gasteiger partial charge in [0.1, 0.15) is 5.60 Å². The minimum atomic E-state index is -4.70. The minimum absolute atomic E-state index is 0.0718. The van der Waals surface area contributed by atoms with E-state index in [2.05, 4.69) is 15.8 Å². The van der Waals surface area contributed by atoms with Crippen molar-refractivity contribution in [3.63, 3.8) is 0 Å². The first-order valence-electron chi connectivity index (χ1n) is 7.95. The average molecular weight is 384 g/mol. The molecule has 0 atom stereocenters. The van der Waals surface area contributed by atoms with E-state index in [-0.39, 0.29) is 17.8 Å². The number of rotatable bonds is 4. The van der Waals surface area contributed by atoms with E-state index < -0.39 is 29.5 Å².